The second-order valence-corrected chi connectivity index (χ2v) is 7.26. The lowest BCUT2D eigenvalue weighted by atomic mass is 10.1. The standard InChI is InChI=1S/C11H25N3O2S/c1-11(2,10-12)13(3)17(15,16)14-8-6-4-5-7-9-14/h4-10,12H2,1-3H3. The summed E-state index contributed by atoms with van der Waals surface area (Å²) in [6, 6.07) is 0. The molecule has 17 heavy (non-hydrogen) atoms. The predicted octanol–water partition coefficient (Wildman–Crippen LogP) is 0.776. The van der Waals surface area contributed by atoms with Crippen molar-refractivity contribution in [2.75, 3.05) is 26.7 Å². The summed E-state index contributed by atoms with van der Waals surface area (Å²) < 4.78 is 27.9. The summed E-state index contributed by atoms with van der Waals surface area (Å²) in [5.74, 6) is 0. The first-order valence-corrected chi connectivity index (χ1v) is 7.66. The molecule has 1 saturated heterocycles. The highest BCUT2D eigenvalue weighted by Crippen LogP contribution is 2.21. The number of nitrogens with zero attached hydrogens (tertiary/aromatic N) is 2. The summed E-state index contributed by atoms with van der Waals surface area (Å²) in [5, 5.41) is 0. The maximum Gasteiger partial charge on any atom is 0.282 e. The molecule has 1 fully saturated rings. The van der Waals surface area contributed by atoms with Crippen LogP contribution in [0.3, 0.4) is 0 Å². The van der Waals surface area contributed by atoms with Gasteiger partial charge in [-0.3, -0.25) is 0 Å². The fourth-order valence-electron chi connectivity index (χ4n) is 1.89. The van der Waals surface area contributed by atoms with Crippen LogP contribution in [0.5, 0.6) is 0 Å². The van der Waals surface area contributed by atoms with Gasteiger partial charge in [-0.05, 0) is 26.7 Å². The van der Waals surface area contributed by atoms with E-state index in [4.69, 9.17) is 5.73 Å². The van der Waals surface area contributed by atoms with Crippen LogP contribution in [0.1, 0.15) is 39.5 Å². The Kier molecular flexibility index (Phi) is 4.95. The van der Waals surface area contributed by atoms with Gasteiger partial charge in [0.2, 0.25) is 0 Å². The van der Waals surface area contributed by atoms with Crippen LogP contribution in [-0.4, -0.2) is 49.2 Å². The third-order valence-corrected chi connectivity index (χ3v) is 5.79. The summed E-state index contributed by atoms with van der Waals surface area (Å²) in [4.78, 5) is 0. The zero-order valence-corrected chi connectivity index (χ0v) is 12.0. The second-order valence-electron chi connectivity index (χ2n) is 5.31. The van der Waals surface area contributed by atoms with Crippen molar-refractivity contribution in [1.29, 1.82) is 0 Å². The number of rotatable bonds is 4. The van der Waals surface area contributed by atoms with Gasteiger partial charge in [0, 0.05) is 32.2 Å². The Morgan fingerprint density at radius 2 is 1.65 bits per heavy atom. The molecule has 1 heterocycles. The highest BCUT2D eigenvalue weighted by atomic mass is 32.2. The van der Waals surface area contributed by atoms with E-state index in [1.807, 2.05) is 13.8 Å². The molecule has 0 radical (unpaired) electrons. The number of nitrogens with two attached hydrogens (primary N) is 1. The molecule has 0 unspecified atom stereocenters. The van der Waals surface area contributed by atoms with Crippen LogP contribution in [0.25, 0.3) is 0 Å². The molecule has 0 aromatic carbocycles. The molecule has 0 spiro atoms. The second kappa shape index (κ2) is 5.65. The highest BCUT2D eigenvalue weighted by molar-refractivity contribution is 7.86. The number of hydrogen-bond donors (Lipinski definition) is 1. The molecule has 1 aliphatic rings. The average molecular weight is 263 g/mol. The van der Waals surface area contributed by atoms with Gasteiger partial charge in [-0.1, -0.05) is 12.8 Å². The lowest BCUT2D eigenvalue weighted by Gasteiger charge is -2.36. The molecule has 0 aliphatic carbocycles. The van der Waals surface area contributed by atoms with Gasteiger partial charge in [0.05, 0.1) is 0 Å². The van der Waals surface area contributed by atoms with Crippen molar-refractivity contribution in [2.24, 2.45) is 5.73 Å². The van der Waals surface area contributed by atoms with Crippen molar-refractivity contribution < 1.29 is 8.42 Å². The van der Waals surface area contributed by atoms with Crippen molar-refractivity contribution >= 4 is 10.2 Å². The summed E-state index contributed by atoms with van der Waals surface area (Å²) in [7, 11) is -1.75. The quantitative estimate of drug-likeness (QED) is 0.815. The zero-order valence-electron chi connectivity index (χ0n) is 11.1. The van der Waals surface area contributed by atoms with Crippen molar-refractivity contribution in [3.8, 4) is 0 Å². The molecule has 5 nitrogen and oxygen atoms in total. The van der Waals surface area contributed by atoms with Gasteiger partial charge in [-0.15, -0.1) is 0 Å². The van der Waals surface area contributed by atoms with E-state index in [2.05, 4.69) is 0 Å². The molecular weight excluding hydrogens is 238 g/mol. The minimum Gasteiger partial charge on any atom is -0.329 e. The zero-order chi connectivity index (χ0) is 13.1. The van der Waals surface area contributed by atoms with E-state index in [0.717, 1.165) is 25.7 Å². The lowest BCUT2D eigenvalue weighted by Crippen LogP contribution is -2.54. The average Bonchev–Trinajstić information content (AvgIpc) is 2.56. The van der Waals surface area contributed by atoms with Gasteiger partial charge < -0.3 is 5.73 Å². The third kappa shape index (κ3) is 3.40. The normalized spacial score (nSPS) is 20.5. The molecule has 2 N–H and O–H groups in total. The van der Waals surface area contributed by atoms with Gasteiger partial charge in [0.1, 0.15) is 0 Å². The third-order valence-electron chi connectivity index (χ3n) is 3.59. The largest absolute Gasteiger partial charge is 0.329 e. The Morgan fingerprint density at radius 1 is 1.18 bits per heavy atom. The van der Waals surface area contributed by atoms with Crippen molar-refractivity contribution in [1.82, 2.24) is 8.61 Å². The molecule has 0 bridgehead atoms. The molecule has 0 aromatic rings. The van der Waals surface area contributed by atoms with Crippen LogP contribution in [0.15, 0.2) is 0 Å². The van der Waals surface area contributed by atoms with Gasteiger partial charge >= 0.3 is 0 Å². The summed E-state index contributed by atoms with van der Waals surface area (Å²) in [5.41, 5.74) is 5.10. The maximum absolute atomic E-state index is 12.4. The Hall–Kier alpha value is -0.170. The monoisotopic (exact) mass is 263 g/mol. The lowest BCUT2D eigenvalue weighted by molar-refractivity contribution is 0.249. The first kappa shape index (κ1) is 14.9. The first-order chi connectivity index (χ1) is 7.82. The Morgan fingerprint density at radius 3 is 2.06 bits per heavy atom. The summed E-state index contributed by atoms with van der Waals surface area (Å²) in [6.07, 6.45) is 4.15. The van der Waals surface area contributed by atoms with E-state index in [1.54, 1.807) is 11.4 Å². The molecule has 6 heteroatoms. The van der Waals surface area contributed by atoms with E-state index in [9.17, 15) is 8.42 Å². The predicted molar refractivity (Wildman–Crippen MR) is 69.9 cm³/mol. The van der Waals surface area contributed by atoms with Crippen molar-refractivity contribution in [2.45, 2.75) is 45.1 Å². The molecule has 1 aliphatic heterocycles. The Balaban J connectivity index is 2.85. The van der Waals surface area contributed by atoms with Crippen LogP contribution in [0.2, 0.25) is 0 Å². The van der Waals surface area contributed by atoms with E-state index in [1.165, 1.54) is 4.31 Å². The van der Waals surface area contributed by atoms with Crippen LogP contribution in [-0.2, 0) is 10.2 Å². The van der Waals surface area contributed by atoms with Crippen LogP contribution in [0, 0.1) is 0 Å². The van der Waals surface area contributed by atoms with Crippen molar-refractivity contribution in [3.63, 3.8) is 0 Å². The molecule has 0 amide bonds. The summed E-state index contributed by atoms with van der Waals surface area (Å²) in [6.45, 7) is 5.28. The maximum atomic E-state index is 12.4. The minimum atomic E-state index is -3.37. The highest BCUT2D eigenvalue weighted by Gasteiger charge is 2.35. The van der Waals surface area contributed by atoms with E-state index in [0.29, 0.717) is 19.6 Å². The Bertz CT molecular complexity index is 333. The van der Waals surface area contributed by atoms with Gasteiger partial charge in [0.25, 0.3) is 10.2 Å². The van der Waals surface area contributed by atoms with Crippen LogP contribution >= 0.6 is 0 Å². The van der Waals surface area contributed by atoms with Gasteiger partial charge in [-0.25, -0.2) is 0 Å². The first-order valence-electron chi connectivity index (χ1n) is 6.26. The van der Waals surface area contributed by atoms with E-state index < -0.39 is 15.7 Å². The van der Waals surface area contributed by atoms with Crippen LogP contribution in [0.4, 0.5) is 0 Å². The van der Waals surface area contributed by atoms with Gasteiger partial charge in [-0.2, -0.15) is 17.0 Å². The van der Waals surface area contributed by atoms with Crippen molar-refractivity contribution in [3.05, 3.63) is 0 Å². The molecule has 1 rings (SSSR count). The topological polar surface area (TPSA) is 66.6 Å². The molecular formula is C11H25N3O2S. The van der Waals surface area contributed by atoms with E-state index >= 15 is 0 Å². The molecule has 0 saturated carbocycles. The fraction of sp³-hybridized carbons (Fsp3) is 1.00. The van der Waals surface area contributed by atoms with Crippen LogP contribution < -0.4 is 5.73 Å². The molecule has 102 valence electrons. The number of likely N-dealkylation sites (N-methyl/N-ethyl adjacent to an activating group) is 1. The smallest absolute Gasteiger partial charge is 0.282 e. The SMILES string of the molecule is CN(C(C)(C)CN)S(=O)(=O)N1CCCCCC1. The Labute approximate surface area is 105 Å². The minimum absolute atomic E-state index is 0.316. The molecule has 0 atom stereocenters. The van der Waals surface area contributed by atoms with Gasteiger partial charge in [0.15, 0.2) is 0 Å². The fourth-order valence-corrected chi connectivity index (χ4v) is 3.65. The summed E-state index contributed by atoms with van der Waals surface area (Å²) >= 11 is 0. The number of hydrogen-bond acceptors (Lipinski definition) is 3. The molecule has 0 aromatic heterocycles. The van der Waals surface area contributed by atoms with E-state index in [-0.39, 0.29) is 0 Å².